The first kappa shape index (κ1) is 22.3. The zero-order chi connectivity index (χ0) is 22.8. The minimum atomic E-state index is -1.02. The Morgan fingerprint density at radius 2 is 2.00 bits per heavy atom. The van der Waals surface area contributed by atoms with Gasteiger partial charge in [0.1, 0.15) is 17.3 Å². The van der Waals surface area contributed by atoms with Crippen molar-refractivity contribution in [1.82, 2.24) is 9.88 Å². The molecular weight excluding hydrogens is 407 g/mol. The smallest absolute Gasteiger partial charge is 0.352 e. The average molecular weight is 439 g/mol. The molecule has 0 bridgehead atoms. The van der Waals surface area contributed by atoms with Crippen molar-refractivity contribution in [2.75, 3.05) is 7.11 Å². The highest BCUT2D eigenvalue weighted by Crippen LogP contribution is 2.33. The highest BCUT2D eigenvalue weighted by Gasteiger charge is 2.28. The summed E-state index contributed by atoms with van der Waals surface area (Å²) in [6.45, 7) is 5.14. The number of rotatable bonds is 7. The van der Waals surface area contributed by atoms with E-state index in [1.54, 1.807) is 29.9 Å². The molecule has 0 radical (unpaired) electrons. The van der Waals surface area contributed by atoms with E-state index in [0.29, 0.717) is 35.7 Å². The zero-order valence-corrected chi connectivity index (χ0v) is 18.9. The Hall–Kier alpha value is -2.86. The highest BCUT2D eigenvalue weighted by molar-refractivity contribution is 5.98. The molecule has 1 aromatic heterocycles. The zero-order valence-electron chi connectivity index (χ0n) is 18.9. The first-order valence-electron chi connectivity index (χ1n) is 11.3. The molecule has 4 rings (SSSR count). The molecule has 6 heteroatoms. The van der Waals surface area contributed by atoms with Gasteiger partial charge in [-0.25, -0.2) is 9.18 Å². The summed E-state index contributed by atoms with van der Waals surface area (Å²) in [7, 11) is 1.58. The van der Waals surface area contributed by atoms with Gasteiger partial charge < -0.3 is 19.7 Å². The van der Waals surface area contributed by atoms with E-state index in [4.69, 9.17) is 4.74 Å². The van der Waals surface area contributed by atoms with E-state index in [2.05, 4.69) is 19.2 Å². The summed E-state index contributed by atoms with van der Waals surface area (Å²) >= 11 is 0. The van der Waals surface area contributed by atoms with Gasteiger partial charge in [-0.15, -0.1) is 0 Å². The SMILES string of the molecule is COc1ccc2c(CN[C@@H]3CCC[C@@H](C)[C@@H]3C)c(C(=O)O)n(Cc3ccccc3F)c2c1. The van der Waals surface area contributed by atoms with Gasteiger partial charge in [-0.1, -0.05) is 44.9 Å². The number of methoxy groups -OCH3 is 1. The van der Waals surface area contributed by atoms with Crippen LogP contribution in [0.3, 0.4) is 0 Å². The van der Waals surface area contributed by atoms with Crippen LogP contribution in [0.15, 0.2) is 42.5 Å². The van der Waals surface area contributed by atoms with E-state index < -0.39 is 5.97 Å². The van der Waals surface area contributed by atoms with Crippen molar-refractivity contribution in [2.24, 2.45) is 11.8 Å². The second kappa shape index (κ2) is 9.33. The lowest BCUT2D eigenvalue weighted by Crippen LogP contribution is -2.40. The van der Waals surface area contributed by atoms with Crippen LogP contribution in [-0.4, -0.2) is 28.8 Å². The molecule has 1 fully saturated rings. The molecule has 1 heterocycles. The molecule has 2 aromatic carbocycles. The van der Waals surface area contributed by atoms with E-state index in [9.17, 15) is 14.3 Å². The van der Waals surface area contributed by atoms with Gasteiger partial charge in [-0.2, -0.15) is 0 Å². The highest BCUT2D eigenvalue weighted by atomic mass is 19.1. The van der Waals surface area contributed by atoms with Gasteiger partial charge in [0, 0.05) is 35.2 Å². The first-order chi connectivity index (χ1) is 15.4. The number of ether oxygens (including phenoxy) is 1. The minimum Gasteiger partial charge on any atom is -0.497 e. The molecule has 1 aliphatic rings. The van der Waals surface area contributed by atoms with Crippen molar-refractivity contribution in [3.05, 3.63) is 65.1 Å². The van der Waals surface area contributed by atoms with Crippen LogP contribution < -0.4 is 10.1 Å². The lowest BCUT2D eigenvalue weighted by atomic mass is 9.78. The fourth-order valence-electron chi connectivity index (χ4n) is 5.02. The Morgan fingerprint density at radius 3 is 2.72 bits per heavy atom. The summed E-state index contributed by atoms with van der Waals surface area (Å²) in [5.74, 6) is 0.448. The predicted molar refractivity (Wildman–Crippen MR) is 124 cm³/mol. The summed E-state index contributed by atoms with van der Waals surface area (Å²) in [5.41, 5.74) is 2.10. The molecule has 5 nitrogen and oxygen atoms in total. The molecule has 1 aliphatic carbocycles. The van der Waals surface area contributed by atoms with E-state index in [1.165, 1.54) is 18.9 Å². The van der Waals surface area contributed by atoms with Gasteiger partial charge in [0.2, 0.25) is 0 Å². The number of carboxylic acids is 1. The van der Waals surface area contributed by atoms with Crippen molar-refractivity contribution in [3.8, 4) is 5.75 Å². The topological polar surface area (TPSA) is 63.5 Å². The maximum atomic E-state index is 14.4. The lowest BCUT2D eigenvalue weighted by molar-refractivity contribution is 0.0684. The molecule has 170 valence electrons. The molecule has 0 unspecified atom stereocenters. The number of aromatic nitrogens is 1. The van der Waals surface area contributed by atoms with Gasteiger partial charge in [0.25, 0.3) is 0 Å². The summed E-state index contributed by atoms with van der Waals surface area (Å²) in [6.07, 6.45) is 3.51. The lowest BCUT2D eigenvalue weighted by Gasteiger charge is -2.34. The molecule has 32 heavy (non-hydrogen) atoms. The molecule has 0 spiro atoms. The molecular formula is C26H31FN2O3. The fraction of sp³-hybridized carbons (Fsp3) is 0.423. The first-order valence-corrected chi connectivity index (χ1v) is 11.3. The molecule has 3 aromatic rings. The van der Waals surface area contributed by atoms with E-state index in [-0.39, 0.29) is 18.1 Å². The van der Waals surface area contributed by atoms with Crippen molar-refractivity contribution < 1.29 is 19.0 Å². The Balaban J connectivity index is 1.78. The van der Waals surface area contributed by atoms with Crippen LogP contribution in [0, 0.1) is 17.7 Å². The summed E-state index contributed by atoms with van der Waals surface area (Å²) in [4.78, 5) is 12.4. The second-order valence-corrected chi connectivity index (χ2v) is 8.95. The standard InChI is InChI=1S/C26H31FN2O3/c1-16-7-6-10-23(17(16)2)28-14-21-20-12-11-19(32-3)13-24(20)29(25(21)26(30)31)15-18-8-4-5-9-22(18)27/h4-5,8-9,11-13,16-17,23,28H,6-7,10,14-15H2,1-3H3,(H,30,31)/t16-,17+,23-/m1/s1. The number of benzene rings is 2. The number of halogens is 1. The molecule has 0 saturated heterocycles. The number of hydrogen-bond donors (Lipinski definition) is 2. The normalized spacial score (nSPS) is 21.1. The number of fused-ring (bicyclic) bond motifs is 1. The Bertz CT molecular complexity index is 1120. The van der Waals surface area contributed by atoms with E-state index in [1.807, 2.05) is 18.2 Å². The van der Waals surface area contributed by atoms with Crippen molar-refractivity contribution in [1.29, 1.82) is 0 Å². The fourth-order valence-corrected chi connectivity index (χ4v) is 5.02. The molecule has 0 aliphatic heterocycles. The summed E-state index contributed by atoms with van der Waals surface area (Å²) in [5, 5.41) is 14.7. The third-order valence-corrected chi connectivity index (χ3v) is 7.11. The Morgan fingerprint density at radius 1 is 1.22 bits per heavy atom. The van der Waals surface area contributed by atoms with Gasteiger partial charge >= 0.3 is 5.97 Å². The van der Waals surface area contributed by atoms with E-state index >= 15 is 0 Å². The molecule has 2 N–H and O–H groups in total. The Labute approximate surface area is 188 Å². The maximum absolute atomic E-state index is 14.4. The second-order valence-electron chi connectivity index (χ2n) is 8.95. The number of aromatic carboxylic acids is 1. The van der Waals surface area contributed by atoms with Crippen LogP contribution in [0.1, 0.15) is 54.7 Å². The molecule has 0 amide bonds. The van der Waals surface area contributed by atoms with Gasteiger partial charge in [0.05, 0.1) is 19.2 Å². The number of carboxylic acid groups (broad SMARTS) is 1. The van der Waals surface area contributed by atoms with Gasteiger partial charge in [0.15, 0.2) is 0 Å². The predicted octanol–water partition coefficient (Wildman–Crippen LogP) is 5.45. The number of carbonyl (C=O) groups is 1. The van der Waals surface area contributed by atoms with Crippen LogP contribution >= 0.6 is 0 Å². The average Bonchev–Trinajstić information content (AvgIpc) is 3.09. The van der Waals surface area contributed by atoms with Crippen molar-refractivity contribution >= 4 is 16.9 Å². The van der Waals surface area contributed by atoms with Crippen LogP contribution in [-0.2, 0) is 13.1 Å². The summed E-state index contributed by atoms with van der Waals surface area (Å²) < 4.78 is 21.5. The summed E-state index contributed by atoms with van der Waals surface area (Å²) in [6, 6.07) is 12.4. The maximum Gasteiger partial charge on any atom is 0.352 e. The number of nitrogens with one attached hydrogen (secondary N) is 1. The van der Waals surface area contributed by atoms with Crippen molar-refractivity contribution in [2.45, 2.75) is 52.2 Å². The number of hydrogen-bond acceptors (Lipinski definition) is 3. The van der Waals surface area contributed by atoms with Crippen LogP contribution in [0.2, 0.25) is 0 Å². The van der Waals surface area contributed by atoms with Crippen LogP contribution in [0.25, 0.3) is 10.9 Å². The number of nitrogens with zero attached hydrogens (tertiary/aromatic N) is 1. The minimum absolute atomic E-state index is 0.134. The monoisotopic (exact) mass is 438 g/mol. The Kier molecular flexibility index (Phi) is 6.51. The third-order valence-electron chi connectivity index (χ3n) is 7.11. The molecule has 1 saturated carbocycles. The van der Waals surface area contributed by atoms with Gasteiger partial charge in [-0.05, 0) is 36.5 Å². The van der Waals surface area contributed by atoms with E-state index in [0.717, 1.165) is 22.9 Å². The molecule has 3 atom stereocenters. The van der Waals surface area contributed by atoms with Crippen molar-refractivity contribution in [3.63, 3.8) is 0 Å². The largest absolute Gasteiger partial charge is 0.497 e. The van der Waals surface area contributed by atoms with Crippen LogP contribution in [0.4, 0.5) is 4.39 Å². The van der Waals surface area contributed by atoms with Gasteiger partial charge in [-0.3, -0.25) is 0 Å². The quantitative estimate of drug-likeness (QED) is 0.515. The van der Waals surface area contributed by atoms with Crippen LogP contribution in [0.5, 0.6) is 5.75 Å². The third kappa shape index (κ3) is 4.24.